The van der Waals surface area contributed by atoms with E-state index in [4.69, 9.17) is 4.74 Å². The lowest BCUT2D eigenvalue weighted by molar-refractivity contribution is -0.124. The van der Waals surface area contributed by atoms with Gasteiger partial charge in [0.25, 0.3) is 5.91 Å². The molecule has 0 aliphatic carbocycles. The Morgan fingerprint density at radius 1 is 1.04 bits per heavy atom. The second-order valence-corrected chi connectivity index (χ2v) is 7.25. The number of carbonyl (C=O) groups excluding carboxylic acids is 2. The third kappa shape index (κ3) is 3.82. The largest absolute Gasteiger partial charge is 0.368 e. The number of benzene rings is 2. The van der Waals surface area contributed by atoms with Crippen molar-refractivity contribution in [3.8, 4) is 11.3 Å². The molecule has 0 spiro atoms. The zero-order valence-corrected chi connectivity index (χ0v) is 15.4. The summed E-state index contributed by atoms with van der Waals surface area (Å²) in [6, 6.07) is 18.6. The second-order valence-electron chi connectivity index (χ2n) is 6.25. The molecule has 1 unspecified atom stereocenters. The van der Waals surface area contributed by atoms with Crippen molar-refractivity contribution in [3.63, 3.8) is 0 Å². The third-order valence-electron chi connectivity index (χ3n) is 4.37. The summed E-state index contributed by atoms with van der Waals surface area (Å²) in [7, 11) is 0. The van der Waals surface area contributed by atoms with Crippen LogP contribution >= 0.6 is 11.3 Å². The summed E-state index contributed by atoms with van der Waals surface area (Å²) in [6.07, 6.45) is 1.14. The molecule has 4 rings (SSSR count). The van der Waals surface area contributed by atoms with Gasteiger partial charge in [0, 0.05) is 17.7 Å². The Morgan fingerprint density at radius 3 is 2.41 bits per heavy atom. The molecule has 2 aromatic carbocycles. The first-order valence-corrected chi connectivity index (χ1v) is 9.62. The van der Waals surface area contributed by atoms with Gasteiger partial charge in [0.15, 0.2) is 5.13 Å². The van der Waals surface area contributed by atoms with Crippen molar-refractivity contribution in [2.75, 3.05) is 11.9 Å². The molecule has 1 fully saturated rings. The summed E-state index contributed by atoms with van der Waals surface area (Å²) in [5, 5.41) is 3.22. The minimum absolute atomic E-state index is 0.107. The topological polar surface area (TPSA) is 68.3 Å². The number of nitrogens with one attached hydrogen (secondary N) is 1. The molecule has 1 atom stereocenters. The minimum atomic E-state index is -0.442. The van der Waals surface area contributed by atoms with Crippen LogP contribution in [-0.2, 0) is 9.53 Å². The van der Waals surface area contributed by atoms with Crippen molar-refractivity contribution in [2.24, 2.45) is 0 Å². The van der Waals surface area contributed by atoms with Crippen LogP contribution in [0.4, 0.5) is 5.13 Å². The number of ether oxygens (including phenoxy) is 1. The zero-order valence-electron chi connectivity index (χ0n) is 14.6. The molecule has 0 saturated carbocycles. The SMILES string of the molecule is O=C(c1ccccc1)c1sc(NC(=O)C2CCCO2)nc1-c1ccccc1. The molecule has 0 radical (unpaired) electrons. The molecular weight excluding hydrogens is 360 g/mol. The van der Waals surface area contributed by atoms with E-state index in [0.717, 1.165) is 12.0 Å². The Balaban J connectivity index is 1.69. The average Bonchev–Trinajstić information content (AvgIpc) is 3.39. The lowest BCUT2D eigenvalue weighted by Gasteiger charge is -2.07. The predicted octanol–water partition coefficient (Wildman–Crippen LogP) is 4.16. The first-order valence-electron chi connectivity index (χ1n) is 8.81. The number of thiazole rings is 1. The summed E-state index contributed by atoms with van der Waals surface area (Å²) in [4.78, 5) is 30.4. The molecule has 1 aromatic heterocycles. The predicted molar refractivity (Wildman–Crippen MR) is 105 cm³/mol. The number of aromatic nitrogens is 1. The first-order chi connectivity index (χ1) is 13.2. The van der Waals surface area contributed by atoms with Crippen LogP contribution in [0.2, 0.25) is 0 Å². The fourth-order valence-corrected chi connectivity index (χ4v) is 3.96. The van der Waals surface area contributed by atoms with Crippen LogP contribution in [0.5, 0.6) is 0 Å². The van der Waals surface area contributed by atoms with E-state index in [-0.39, 0.29) is 11.7 Å². The van der Waals surface area contributed by atoms with Gasteiger partial charge >= 0.3 is 0 Å². The van der Waals surface area contributed by atoms with E-state index in [1.54, 1.807) is 12.1 Å². The molecule has 1 N–H and O–H groups in total. The Kier molecular flexibility index (Phi) is 5.09. The fraction of sp³-hybridized carbons (Fsp3) is 0.190. The van der Waals surface area contributed by atoms with E-state index >= 15 is 0 Å². The number of amides is 1. The zero-order chi connectivity index (χ0) is 18.6. The first kappa shape index (κ1) is 17.6. The maximum atomic E-state index is 13.0. The highest BCUT2D eigenvalue weighted by Gasteiger charge is 2.26. The van der Waals surface area contributed by atoms with Crippen LogP contribution in [0.25, 0.3) is 11.3 Å². The summed E-state index contributed by atoms with van der Waals surface area (Å²) in [6.45, 7) is 0.600. The lowest BCUT2D eigenvalue weighted by atomic mass is 10.1. The quantitative estimate of drug-likeness (QED) is 0.677. The molecule has 1 amide bonds. The molecule has 5 nitrogen and oxygen atoms in total. The number of nitrogens with zero attached hydrogens (tertiary/aromatic N) is 1. The van der Waals surface area contributed by atoms with E-state index in [0.29, 0.717) is 34.3 Å². The van der Waals surface area contributed by atoms with E-state index in [1.807, 2.05) is 48.5 Å². The molecule has 27 heavy (non-hydrogen) atoms. The number of rotatable bonds is 5. The van der Waals surface area contributed by atoms with Gasteiger partial charge in [0.1, 0.15) is 11.0 Å². The maximum Gasteiger partial charge on any atom is 0.255 e. The van der Waals surface area contributed by atoms with E-state index in [2.05, 4.69) is 10.3 Å². The molecule has 0 bridgehead atoms. The molecule has 6 heteroatoms. The van der Waals surface area contributed by atoms with Crippen molar-refractivity contribution < 1.29 is 14.3 Å². The normalized spacial score (nSPS) is 16.2. The van der Waals surface area contributed by atoms with Gasteiger partial charge in [0.2, 0.25) is 5.78 Å². The summed E-state index contributed by atoms with van der Waals surface area (Å²) in [5.74, 6) is -0.316. The van der Waals surface area contributed by atoms with Crippen LogP contribution < -0.4 is 5.32 Å². The van der Waals surface area contributed by atoms with Crippen LogP contribution in [0, 0.1) is 0 Å². The smallest absolute Gasteiger partial charge is 0.255 e. The van der Waals surface area contributed by atoms with E-state index < -0.39 is 6.10 Å². The Labute approximate surface area is 161 Å². The van der Waals surface area contributed by atoms with E-state index in [9.17, 15) is 9.59 Å². The van der Waals surface area contributed by atoms with Gasteiger partial charge in [0.05, 0.1) is 5.69 Å². The standard InChI is InChI=1S/C21H18N2O3S/c24-18(15-10-5-2-6-11-15)19-17(14-8-3-1-4-9-14)22-21(27-19)23-20(25)16-12-7-13-26-16/h1-6,8-11,16H,7,12-13H2,(H,22,23,25). The Bertz CT molecular complexity index is 948. The fourth-order valence-electron chi connectivity index (χ4n) is 3.01. The van der Waals surface area contributed by atoms with Crippen molar-refractivity contribution >= 4 is 28.2 Å². The van der Waals surface area contributed by atoms with Gasteiger partial charge in [-0.3, -0.25) is 14.9 Å². The Hall–Kier alpha value is -2.83. The third-order valence-corrected chi connectivity index (χ3v) is 5.34. The van der Waals surface area contributed by atoms with Crippen LogP contribution in [0.3, 0.4) is 0 Å². The minimum Gasteiger partial charge on any atom is -0.368 e. The van der Waals surface area contributed by atoms with Crippen molar-refractivity contribution in [1.82, 2.24) is 4.98 Å². The number of hydrogen-bond acceptors (Lipinski definition) is 5. The van der Waals surface area contributed by atoms with Gasteiger partial charge < -0.3 is 4.74 Å². The maximum absolute atomic E-state index is 13.0. The van der Waals surface area contributed by atoms with Gasteiger partial charge in [-0.1, -0.05) is 72.0 Å². The summed E-state index contributed by atoms with van der Waals surface area (Å²) < 4.78 is 5.42. The van der Waals surface area contributed by atoms with Gasteiger partial charge in [-0.05, 0) is 12.8 Å². The average molecular weight is 378 g/mol. The highest BCUT2D eigenvalue weighted by molar-refractivity contribution is 7.18. The van der Waals surface area contributed by atoms with Gasteiger partial charge in [-0.15, -0.1) is 0 Å². The number of ketones is 1. The van der Waals surface area contributed by atoms with Crippen molar-refractivity contribution in [2.45, 2.75) is 18.9 Å². The monoisotopic (exact) mass is 378 g/mol. The number of anilines is 1. The number of carbonyl (C=O) groups is 2. The molecule has 1 aliphatic heterocycles. The molecule has 1 saturated heterocycles. The molecule has 3 aromatic rings. The lowest BCUT2D eigenvalue weighted by Crippen LogP contribution is -2.26. The van der Waals surface area contributed by atoms with Crippen LogP contribution in [0.1, 0.15) is 28.1 Å². The highest BCUT2D eigenvalue weighted by atomic mass is 32.1. The second kappa shape index (κ2) is 7.82. The Morgan fingerprint density at radius 2 is 1.74 bits per heavy atom. The van der Waals surface area contributed by atoms with E-state index in [1.165, 1.54) is 11.3 Å². The van der Waals surface area contributed by atoms with Crippen molar-refractivity contribution in [1.29, 1.82) is 0 Å². The van der Waals surface area contributed by atoms with Crippen LogP contribution in [0.15, 0.2) is 60.7 Å². The summed E-state index contributed by atoms with van der Waals surface area (Å²) in [5.41, 5.74) is 2.01. The molecular formula is C21H18N2O3S. The van der Waals surface area contributed by atoms with Gasteiger partial charge in [-0.2, -0.15) is 0 Å². The van der Waals surface area contributed by atoms with Gasteiger partial charge in [-0.25, -0.2) is 4.98 Å². The van der Waals surface area contributed by atoms with Crippen molar-refractivity contribution in [3.05, 3.63) is 71.1 Å². The highest BCUT2D eigenvalue weighted by Crippen LogP contribution is 2.33. The molecule has 2 heterocycles. The summed E-state index contributed by atoms with van der Waals surface area (Å²) >= 11 is 1.20. The molecule has 136 valence electrons. The van der Waals surface area contributed by atoms with Crippen LogP contribution in [-0.4, -0.2) is 29.4 Å². The molecule has 1 aliphatic rings. The number of hydrogen-bond donors (Lipinski definition) is 1.